The van der Waals surface area contributed by atoms with Crippen molar-refractivity contribution in [3.63, 3.8) is 0 Å². The van der Waals surface area contributed by atoms with Crippen LogP contribution in [0.2, 0.25) is 0 Å². The van der Waals surface area contributed by atoms with Gasteiger partial charge in [0.25, 0.3) is 0 Å². The molecule has 1 aromatic heterocycles. The largest absolute Gasteiger partial charge is 0.497 e. The van der Waals surface area contributed by atoms with Crippen LogP contribution in [0.5, 0.6) is 11.5 Å². The molecule has 6 nitrogen and oxygen atoms in total. The third-order valence-corrected chi connectivity index (χ3v) is 4.65. The van der Waals surface area contributed by atoms with E-state index in [0.29, 0.717) is 23.8 Å². The molecule has 0 radical (unpaired) electrons. The lowest BCUT2D eigenvalue weighted by atomic mass is 10.2. The number of rotatable bonds is 8. The van der Waals surface area contributed by atoms with E-state index < -0.39 is 6.61 Å². The van der Waals surface area contributed by atoms with E-state index in [1.807, 2.05) is 6.20 Å². The number of nitrogens with one attached hydrogen (secondary N) is 2. The van der Waals surface area contributed by atoms with Crippen molar-refractivity contribution in [1.29, 1.82) is 0 Å². The fourth-order valence-electron chi connectivity index (χ4n) is 2.18. The number of nitrogens with zero attached hydrogens (tertiary/aromatic N) is 2. The van der Waals surface area contributed by atoms with E-state index in [-0.39, 0.29) is 36.3 Å². The first kappa shape index (κ1) is 23.3. The lowest BCUT2D eigenvalue weighted by Crippen LogP contribution is -2.36. The molecule has 0 saturated carbocycles. The van der Waals surface area contributed by atoms with Crippen molar-refractivity contribution in [2.24, 2.45) is 4.99 Å². The van der Waals surface area contributed by atoms with Gasteiger partial charge in [-0.25, -0.2) is 4.98 Å². The van der Waals surface area contributed by atoms with Gasteiger partial charge in [-0.2, -0.15) is 8.78 Å². The number of hydrogen-bond donors (Lipinski definition) is 2. The maximum Gasteiger partial charge on any atom is 0.387 e. The number of benzene rings is 1. The Morgan fingerprint density at radius 2 is 2.04 bits per heavy atom. The molecule has 0 aliphatic heterocycles. The van der Waals surface area contributed by atoms with Crippen LogP contribution in [0.3, 0.4) is 0 Å². The van der Waals surface area contributed by atoms with Crippen LogP contribution in [0.25, 0.3) is 0 Å². The van der Waals surface area contributed by atoms with Crippen LogP contribution in [0.4, 0.5) is 8.78 Å². The molecule has 0 saturated heterocycles. The third-order valence-electron chi connectivity index (χ3n) is 3.51. The number of hydrogen-bond acceptors (Lipinski definition) is 5. The number of methoxy groups -OCH3 is 1. The van der Waals surface area contributed by atoms with Crippen molar-refractivity contribution in [2.45, 2.75) is 33.0 Å². The molecular weight excluding hydrogens is 489 g/mol. The third kappa shape index (κ3) is 7.45. The summed E-state index contributed by atoms with van der Waals surface area (Å²) in [4.78, 5) is 9.68. The van der Waals surface area contributed by atoms with Crippen LogP contribution in [-0.4, -0.2) is 31.7 Å². The molecule has 0 bridgehead atoms. The monoisotopic (exact) mass is 512 g/mol. The number of guanidine groups is 1. The fourth-order valence-corrected chi connectivity index (χ4v) is 2.99. The first-order valence-corrected chi connectivity index (χ1v) is 8.87. The van der Waals surface area contributed by atoms with E-state index in [4.69, 9.17) is 4.74 Å². The highest BCUT2D eigenvalue weighted by Gasteiger charge is 2.12. The molecule has 0 aliphatic carbocycles. The maximum absolute atomic E-state index is 12.6. The lowest BCUT2D eigenvalue weighted by Gasteiger charge is -2.15. The normalized spacial score (nSPS) is 11.1. The summed E-state index contributed by atoms with van der Waals surface area (Å²) in [5.74, 6) is 1.18. The van der Waals surface area contributed by atoms with Gasteiger partial charge in [0.1, 0.15) is 16.5 Å². The first-order chi connectivity index (χ1) is 12.5. The maximum atomic E-state index is 12.6. The van der Waals surface area contributed by atoms with Gasteiger partial charge in [0.15, 0.2) is 5.96 Å². The number of aromatic nitrogens is 1. The molecule has 1 heterocycles. The molecule has 0 fully saturated rings. The molecule has 2 rings (SSSR count). The van der Waals surface area contributed by atoms with Crippen LogP contribution in [0.15, 0.2) is 29.4 Å². The Bertz CT molecular complexity index is 743. The summed E-state index contributed by atoms with van der Waals surface area (Å²) < 4.78 is 34.8. The summed E-state index contributed by atoms with van der Waals surface area (Å²) in [6.45, 7) is -0.0321. The Hall–Kier alpha value is -1.69. The van der Waals surface area contributed by atoms with Gasteiger partial charge in [0.2, 0.25) is 0 Å². The predicted octanol–water partition coefficient (Wildman–Crippen LogP) is 3.80. The van der Waals surface area contributed by atoms with E-state index in [1.54, 1.807) is 30.5 Å². The fraction of sp³-hybridized carbons (Fsp3) is 0.412. The van der Waals surface area contributed by atoms with Gasteiger partial charge >= 0.3 is 6.61 Å². The van der Waals surface area contributed by atoms with Gasteiger partial charge < -0.3 is 20.1 Å². The number of alkyl halides is 2. The van der Waals surface area contributed by atoms with Crippen LogP contribution < -0.4 is 20.1 Å². The first-order valence-electron chi connectivity index (χ1n) is 8.05. The van der Waals surface area contributed by atoms with Gasteiger partial charge in [0, 0.05) is 30.2 Å². The van der Waals surface area contributed by atoms with Gasteiger partial charge in [0.05, 0.1) is 13.7 Å². The van der Waals surface area contributed by atoms with Crippen molar-refractivity contribution >= 4 is 41.3 Å². The molecule has 0 aliphatic rings. The average Bonchev–Trinajstić information content (AvgIpc) is 3.10. The molecule has 1 aromatic carbocycles. The second kappa shape index (κ2) is 11.9. The summed E-state index contributed by atoms with van der Waals surface area (Å²) >= 11 is 1.64. The van der Waals surface area contributed by atoms with Gasteiger partial charge in [-0.3, -0.25) is 4.99 Å². The molecule has 0 atom stereocenters. The smallest absolute Gasteiger partial charge is 0.387 e. The van der Waals surface area contributed by atoms with Crippen LogP contribution in [0.1, 0.15) is 22.4 Å². The highest BCUT2D eigenvalue weighted by Crippen LogP contribution is 2.25. The number of thiazole rings is 1. The molecular formula is C17H23F2IN4O2S. The number of ether oxygens (including phenoxy) is 2. The standard InChI is InChI=1S/C17H22F2N4O2S.HI/c1-4-13-9-21-15(26-13)10-23-17(20-2)22-8-11-7-12(24-3)5-6-14(11)25-16(18)19;/h5-7,9,16H,4,8,10H2,1-3H3,(H2,20,22,23);1H. The minimum Gasteiger partial charge on any atom is -0.497 e. The molecule has 0 spiro atoms. The van der Waals surface area contributed by atoms with E-state index in [2.05, 4.69) is 32.3 Å². The summed E-state index contributed by atoms with van der Waals surface area (Å²) in [5.41, 5.74) is 0.537. The Balaban J connectivity index is 0.00000364. The van der Waals surface area contributed by atoms with Crippen LogP contribution in [0, 0.1) is 0 Å². The quantitative estimate of drug-likeness (QED) is 0.320. The van der Waals surface area contributed by atoms with Gasteiger partial charge in [-0.1, -0.05) is 6.92 Å². The molecule has 0 amide bonds. The predicted molar refractivity (Wildman–Crippen MR) is 114 cm³/mol. The molecule has 27 heavy (non-hydrogen) atoms. The highest BCUT2D eigenvalue weighted by atomic mass is 127. The van der Waals surface area contributed by atoms with Crippen molar-refractivity contribution < 1.29 is 18.3 Å². The van der Waals surface area contributed by atoms with Crippen molar-refractivity contribution in [1.82, 2.24) is 15.6 Å². The van der Waals surface area contributed by atoms with Crippen LogP contribution in [-0.2, 0) is 19.5 Å². The van der Waals surface area contributed by atoms with Crippen molar-refractivity contribution in [3.8, 4) is 11.5 Å². The van der Waals surface area contributed by atoms with E-state index >= 15 is 0 Å². The van der Waals surface area contributed by atoms with Gasteiger partial charge in [-0.05, 0) is 24.6 Å². The Morgan fingerprint density at radius 1 is 1.30 bits per heavy atom. The van der Waals surface area contributed by atoms with Crippen LogP contribution >= 0.6 is 35.3 Å². The topological polar surface area (TPSA) is 67.8 Å². The minimum absolute atomic E-state index is 0. The summed E-state index contributed by atoms with van der Waals surface area (Å²) in [6.07, 6.45) is 2.81. The van der Waals surface area contributed by atoms with E-state index in [1.165, 1.54) is 18.1 Å². The summed E-state index contributed by atoms with van der Waals surface area (Å²) in [5, 5.41) is 7.18. The highest BCUT2D eigenvalue weighted by molar-refractivity contribution is 14.0. The summed E-state index contributed by atoms with van der Waals surface area (Å²) in [7, 11) is 3.15. The number of aryl methyl sites for hydroxylation is 1. The van der Waals surface area contributed by atoms with Gasteiger partial charge in [-0.15, -0.1) is 35.3 Å². The molecule has 2 aromatic rings. The number of aliphatic imine (C=N–C) groups is 1. The Morgan fingerprint density at radius 3 is 2.63 bits per heavy atom. The number of halogens is 3. The lowest BCUT2D eigenvalue weighted by molar-refractivity contribution is -0.0504. The summed E-state index contributed by atoms with van der Waals surface area (Å²) in [6, 6.07) is 4.68. The second-order valence-electron chi connectivity index (χ2n) is 5.21. The Kier molecular flexibility index (Phi) is 10.3. The zero-order valence-electron chi connectivity index (χ0n) is 15.3. The average molecular weight is 512 g/mol. The van der Waals surface area contributed by atoms with E-state index in [9.17, 15) is 8.78 Å². The molecule has 10 heteroatoms. The van der Waals surface area contributed by atoms with Crippen molar-refractivity contribution in [3.05, 3.63) is 39.8 Å². The molecule has 150 valence electrons. The zero-order chi connectivity index (χ0) is 18.9. The molecule has 2 N–H and O–H groups in total. The SMILES string of the molecule is CCc1cnc(CNC(=NC)NCc2cc(OC)ccc2OC(F)F)s1.I. The molecule has 0 unspecified atom stereocenters. The zero-order valence-corrected chi connectivity index (χ0v) is 18.4. The van der Waals surface area contributed by atoms with E-state index in [0.717, 1.165) is 11.4 Å². The second-order valence-corrected chi connectivity index (χ2v) is 6.41. The minimum atomic E-state index is -2.89. The van der Waals surface area contributed by atoms with Crippen molar-refractivity contribution in [2.75, 3.05) is 14.2 Å². The Labute approximate surface area is 178 Å².